The number of carbonyl (C=O) groups is 2. The lowest BCUT2D eigenvalue weighted by Gasteiger charge is -2.13. The van der Waals surface area contributed by atoms with E-state index in [1.165, 1.54) is 59.4 Å². The first-order valence-electron chi connectivity index (χ1n) is 8.39. The zero-order valence-electron chi connectivity index (χ0n) is 15.6. The van der Waals surface area contributed by atoms with Crippen molar-refractivity contribution in [3.63, 3.8) is 0 Å². The number of hydrogen-bond donors (Lipinski definition) is 6. The molecule has 2 rings (SSSR count). The molecule has 15 heteroatoms. The maximum atomic E-state index is 12.1. The lowest BCUT2D eigenvalue weighted by molar-refractivity contribution is -0.173. The van der Waals surface area contributed by atoms with E-state index in [2.05, 4.69) is 21.5 Å². The van der Waals surface area contributed by atoms with Gasteiger partial charge in [-0.15, -0.1) is 0 Å². The molecule has 0 unspecified atom stereocenters. The topological polar surface area (TPSA) is 106 Å². The van der Waals surface area contributed by atoms with E-state index in [0.717, 1.165) is 0 Å². The van der Waals surface area contributed by atoms with Gasteiger partial charge in [0.05, 0.1) is 11.4 Å². The Kier molecular flexibility index (Phi) is 7.69. The molecule has 0 heterocycles. The van der Waals surface area contributed by atoms with E-state index in [9.17, 15) is 35.9 Å². The van der Waals surface area contributed by atoms with E-state index < -0.39 is 24.2 Å². The average molecular weight is 480 g/mol. The summed E-state index contributed by atoms with van der Waals surface area (Å²) >= 11 is 5.12. The highest BCUT2D eigenvalue weighted by atomic mass is 32.1. The number of rotatable bonds is 6. The SMILES string of the molecule is O=C(NNc1ccc(NC(=S)Nc2ccc(NNC(=O)C(F)(F)F)cc2)cc1)C(F)(F)F. The molecule has 0 aliphatic rings. The summed E-state index contributed by atoms with van der Waals surface area (Å²) in [4.78, 5) is 21.5. The summed E-state index contributed by atoms with van der Waals surface area (Å²) in [5.41, 5.74) is 8.55. The minimum Gasteiger partial charge on any atom is -0.332 e. The van der Waals surface area contributed by atoms with Crippen LogP contribution in [-0.4, -0.2) is 29.3 Å². The Morgan fingerprint density at radius 1 is 0.594 bits per heavy atom. The number of hydrogen-bond acceptors (Lipinski definition) is 5. The van der Waals surface area contributed by atoms with E-state index in [-0.39, 0.29) is 16.5 Å². The van der Waals surface area contributed by atoms with Crippen molar-refractivity contribution in [2.45, 2.75) is 12.4 Å². The van der Waals surface area contributed by atoms with Crippen LogP contribution in [0.15, 0.2) is 48.5 Å². The molecule has 2 aromatic rings. The Balaban J connectivity index is 1.82. The third-order valence-corrected chi connectivity index (χ3v) is 3.65. The van der Waals surface area contributed by atoms with Gasteiger partial charge >= 0.3 is 24.2 Å². The Bertz CT molecular complexity index is 886. The zero-order valence-corrected chi connectivity index (χ0v) is 16.4. The molecular formula is C17H14F6N6O2S. The van der Waals surface area contributed by atoms with Crippen molar-refractivity contribution < 1.29 is 35.9 Å². The number of nitrogens with one attached hydrogen (secondary N) is 6. The molecule has 0 aliphatic carbocycles. The summed E-state index contributed by atoms with van der Waals surface area (Å²) in [6.45, 7) is 0. The van der Waals surface area contributed by atoms with Crippen LogP contribution >= 0.6 is 12.2 Å². The molecule has 6 N–H and O–H groups in total. The van der Waals surface area contributed by atoms with Gasteiger partial charge in [-0.05, 0) is 60.7 Å². The predicted molar refractivity (Wildman–Crippen MR) is 108 cm³/mol. The second-order valence-corrected chi connectivity index (χ2v) is 6.30. The predicted octanol–water partition coefficient (Wildman–Crippen LogP) is 3.51. The number of thiocarbonyl (C=S) groups is 1. The van der Waals surface area contributed by atoms with E-state index in [1.54, 1.807) is 0 Å². The van der Waals surface area contributed by atoms with Gasteiger partial charge < -0.3 is 10.6 Å². The van der Waals surface area contributed by atoms with Crippen molar-refractivity contribution in [3.05, 3.63) is 48.5 Å². The van der Waals surface area contributed by atoms with Crippen LogP contribution < -0.4 is 32.3 Å². The van der Waals surface area contributed by atoms with Crippen LogP contribution in [0.4, 0.5) is 49.1 Å². The number of benzene rings is 2. The van der Waals surface area contributed by atoms with Crippen LogP contribution in [0.1, 0.15) is 0 Å². The van der Waals surface area contributed by atoms with Crippen LogP contribution in [0.25, 0.3) is 0 Å². The quantitative estimate of drug-likeness (QED) is 0.214. The Hall–Kier alpha value is -3.75. The molecule has 0 saturated heterocycles. The molecule has 2 amide bonds. The highest BCUT2D eigenvalue weighted by Crippen LogP contribution is 2.18. The first kappa shape index (κ1) is 24.5. The Morgan fingerprint density at radius 3 is 1.16 bits per heavy atom. The lowest BCUT2D eigenvalue weighted by Crippen LogP contribution is -2.40. The number of anilines is 4. The molecule has 0 aliphatic heterocycles. The molecule has 0 bridgehead atoms. The largest absolute Gasteiger partial charge is 0.472 e. The summed E-state index contributed by atoms with van der Waals surface area (Å²) in [6, 6.07) is 11.5. The Labute approximate surface area is 181 Å². The first-order chi connectivity index (χ1) is 14.8. The van der Waals surface area contributed by atoms with Gasteiger partial charge in [0.15, 0.2) is 5.11 Å². The number of carbonyl (C=O) groups excluding carboxylic acids is 2. The smallest absolute Gasteiger partial charge is 0.332 e. The van der Waals surface area contributed by atoms with Crippen LogP contribution in [0, 0.1) is 0 Å². The van der Waals surface area contributed by atoms with Crippen molar-refractivity contribution in [1.29, 1.82) is 0 Å². The number of alkyl halides is 6. The monoisotopic (exact) mass is 480 g/mol. The molecule has 0 aromatic heterocycles. The minimum absolute atomic E-state index is 0.141. The van der Waals surface area contributed by atoms with Crippen molar-refractivity contribution in [3.8, 4) is 0 Å². The summed E-state index contributed by atoms with van der Waals surface area (Å²) in [5.74, 6) is -4.29. The maximum Gasteiger partial charge on any atom is 0.472 e. The van der Waals surface area contributed by atoms with E-state index >= 15 is 0 Å². The molecular weight excluding hydrogens is 466 g/mol. The third kappa shape index (κ3) is 7.82. The van der Waals surface area contributed by atoms with Gasteiger partial charge in [0, 0.05) is 11.4 Å². The van der Waals surface area contributed by atoms with Crippen LogP contribution in [0.5, 0.6) is 0 Å². The zero-order chi connectivity index (χ0) is 23.9. The summed E-state index contributed by atoms with van der Waals surface area (Å²) < 4.78 is 72.8. The fraction of sp³-hybridized carbons (Fsp3) is 0.118. The molecule has 172 valence electrons. The van der Waals surface area contributed by atoms with Gasteiger partial charge in [-0.1, -0.05) is 0 Å². The fourth-order valence-electron chi connectivity index (χ4n) is 1.97. The molecule has 0 atom stereocenters. The number of halogens is 6. The van der Waals surface area contributed by atoms with Gasteiger partial charge in [0.1, 0.15) is 0 Å². The van der Waals surface area contributed by atoms with Crippen molar-refractivity contribution in [1.82, 2.24) is 10.9 Å². The van der Waals surface area contributed by atoms with Crippen LogP contribution in [0.3, 0.4) is 0 Å². The van der Waals surface area contributed by atoms with Crippen LogP contribution in [-0.2, 0) is 9.59 Å². The standard InChI is InChI=1S/C17H14F6N6O2S/c18-16(19,20)13(30)28-26-11-5-1-9(2-6-11)24-15(32)25-10-3-7-12(8-4-10)27-29-14(31)17(21,22)23/h1-8,26-27H,(H,28,30)(H,29,31)(H2,24,25,32). The molecule has 0 saturated carbocycles. The highest BCUT2D eigenvalue weighted by molar-refractivity contribution is 7.80. The minimum atomic E-state index is -5.02. The van der Waals surface area contributed by atoms with Crippen molar-refractivity contribution in [2.75, 3.05) is 21.5 Å². The van der Waals surface area contributed by atoms with Gasteiger partial charge in [-0.3, -0.25) is 31.3 Å². The second-order valence-electron chi connectivity index (χ2n) is 5.89. The first-order valence-corrected chi connectivity index (χ1v) is 8.80. The van der Waals surface area contributed by atoms with Crippen LogP contribution in [0.2, 0.25) is 0 Å². The fourth-order valence-corrected chi connectivity index (χ4v) is 2.20. The highest BCUT2D eigenvalue weighted by Gasteiger charge is 2.39. The summed E-state index contributed by atoms with van der Waals surface area (Å²) in [6.07, 6.45) is -10.0. The Morgan fingerprint density at radius 2 is 0.875 bits per heavy atom. The number of hydrazine groups is 2. The number of amides is 2. The van der Waals surface area contributed by atoms with E-state index in [1.807, 2.05) is 0 Å². The molecule has 32 heavy (non-hydrogen) atoms. The van der Waals surface area contributed by atoms with Crippen molar-refractivity contribution in [2.24, 2.45) is 0 Å². The van der Waals surface area contributed by atoms with Gasteiger partial charge in [0.2, 0.25) is 0 Å². The second kappa shape index (κ2) is 10.0. The normalized spacial score (nSPS) is 11.2. The van der Waals surface area contributed by atoms with E-state index in [0.29, 0.717) is 11.4 Å². The van der Waals surface area contributed by atoms with Gasteiger partial charge in [-0.2, -0.15) is 26.3 Å². The average Bonchev–Trinajstić information content (AvgIpc) is 2.70. The summed E-state index contributed by atoms with van der Waals surface area (Å²) in [5, 5.41) is 5.75. The van der Waals surface area contributed by atoms with Gasteiger partial charge in [0.25, 0.3) is 0 Å². The molecule has 0 fully saturated rings. The molecule has 2 aromatic carbocycles. The molecule has 0 radical (unpaired) electrons. The van der Waals surface area contributed by atoms with Gasteiger partial charge in [-0.25, -0.2) is 0 Å². The van der Waals surface area contributed by atoms with E-state index in [4.69, 9.17) is 12.2 Å². The molecule has 8 nitrogen and oxygen atoms in total. The summed E-state index contributed by atoms with van der Waals surface area (Å²) in [7, 11) is 0. The lowest BCUT2D eigenvalue weighted by atomic mass is 10.3. The van der Waals surface area contributed by atoms with Crippen molar-refractivity contribution >= 4 is 51.9 Å². The maximum absolute atomic E-state index is 12.1. The third-order valence-electron chi connectivity index (χ3n) is 3.44. The molecule has 0 spiro atoms.